The van der Waals surface area contributed by atoms with Crippen molar-refractivity contribution in [3.05, 3.63) is 35.9 Å². The van der Waals surface area contributed by atoms with Gasteiger partial charge in [0.25, 0.3) is 0 Å². The Morgan fingerprint density at radius 2 is 1.62 bits per heavy atom. The number of carbonyl (C=O) groups is 1. The monoisotopic (exact) mass is 291 g/mol. The Morgan fingerprint density at radius 3 is 2.10 bits per heavy atom. The molecular formula is C18H29NO2. The molecule has 118 valence electrons. The van der Waals surface area contributed by atoms with E-state index in [0.29, 0.717) is 0 Å². The Bertz CT molecular complexity index is 406. The summed E-state index contributed by atoms with van der Waals surface area (Å²) in [6, 6.07) is 9.43. The number of hydrogen-bond acceptors (Lipinski definition) is 2. The molecule has 0 aliphatic heterocycles. The van der Waals surface area contributed by atoms with Crippen molar-refractivity contribution in [1.82, 2.24) is 4.90 Å². The maximum Gasteiger partial charge on any atom is 0.225 e. The van der Waals surface area contributed by atoms with E-state index in [1.54, 1.807) is 6.92 Å². The predicted molar refractivity (Wildman–Crippen MR) is 87.0 cm³/mol. The number of unbranched alkanes of at least 4 members (excludes halogenated alkanes) is 2. The van der Waals surface area contributed by atoms with E-state index in [0.717, 1.165) is 44.3 Å². The first-order valence-electron chi connectivity index (χ1n) is 8.07. The number of amides is 1. The zero-order valence-electron chi connectivity index (χ0n) is 13.6. The summed E-state index contributed by atoms with van der Waals surface area (Å²) in [7, 11) is 0. The second-order valence-electron chi connectivity index (χ2n) is 5.90. The normalized spacial score (nSPS) is 13.7. The molecule has 3 nitrogen and oxygen atoms in total. The third-order valence-electron chi connectivity index (χ3n) is 3.81. The molecule has 1 rings (SSSR count). The molecule has 21 heavy (non-hydrogen) atoms. The number of rotatable bonds is 9. The van der Waals surface area contributed by atoms with Crippen LogP contribution >= 0.6 is 0 Å². The Balaban J connectivity index is 2.70. The summed E-state index contributed by atoms with van der Waals surface area (Å²) >= 11 is 0. The van der Waals surface area contributed by atoms with E-state index in [-0.39, 0.29) is 12.3 Å². The standard InChI is InChI=1S/C18H29NO2/c1-4-6-13-19(14-7-5-2)17(20)15-18(3,21)16-11-9-8-10-12-16/h8-12,21H,4-7,13-15H2,1-3H3/t18-/m0/s1. The van der Waals surface area contributed by atoms with Crippen molar-refractivity contribution in [2.24, 2.45) is 0 Å². The molecule has 1 aromatic carbocycles. The first-order valence-corrected chi connectivity index (χ1v) is 8.07. The van der Waals surface area contributed by atoms with Crippen LogP contribution in [0, 0.1) is 0 Å². The molecule has 0 saturated heterocycles. The maximum atomic E-state index is 12.5. The van der Waals surface area contributed by atoms with Crippen LogP contribution in [0.25, 0.3) is 0 Å². The Hall–Kier alpha value is -1.35. The van der Waals surface area contributed by atoms with Gasteiger partial charge >= 0.3 is 0 Å². The van der Waals surface area contributed by atoms with E-state index in [4.69, 9.17) is 0 Å². The van der Waals surface area contributed by atoms with Crippen molar-refractivity contribution in [3.8, 4) is 0 Å². The van der Waals surface area contributed by atoms with Gasteiger partial charge in [-0.3, -0.25) is 4.79 Å². The number of aliphatic hydroxyl groups is 1. The molecule has 0 unspecified atom stereocenters. The van der Waals surface area contributed by atoms with Gasteiger partial charge in [-0.2, -0.15) is 0 Å². The lowest BCUT2D eigenvalue weighted by Gasteiger charge is -2.28. The average molecular weight is 291 g/mol. The minimum atomic E-state index is -1.10. The van der Waals surface area contributed by atoms with Crippen LogP contribution in [0.5, 0.6) is 0 Å². The molecule has 1 atom stereocenters. The maximum absolute atomic E-state index is 12.5. The molecule has 1 amide bonds. The van der Waals surface area contributed by atoms with Crippen LogP contribution < -0.4 is 0 Å². The second kappa shape index (κ2) is 8.83. The third kappa shape index (κ3) is 5.88. The molecule has 1 N–H and O–H groups in total. The van der Waals surface area contributed by atoms with E-state index in [9.17, 15) is 9.90 Å². The lowest BCUT2D eigenvalue weighted by atomic mass is 9.92. The summed E-state index contributed by atoms with van der Waals surface area (Å²) in [6.45, 7) is 7.56. The second-order valence-corrected chi connectivity index (χ2v) is 5.90. The van der Waals surface area contributed by atoms with Crippen molar-refractivity contribution < 1.29 is 9.90 Å². The van der Waals surface area contributed by atoms with Crippen LogP contribution in [-0.4, -0.2) is 29.0 Å². The van der Waals surface area contributed by atoms with Crippen LogP contribution in [0.15, 0.2) is 30.3 Å². The van der Waals surface area contributed by atoms with Gasteiger partial charge in [0.15, 0.2) is 0 Å². The van der Waals surface area contributed by atoms with Gasteiger partial charge in [-0.05, 0) is 25.3 Å². The highest BCUT2D eigenvalue weighted by Crippen LogP contribution is 2.25. The zero-order valence-corrected chi connectivity index (χ0v) is 13.6. The van der Waals surface area contributed by atoms with Crippen LogP contribution in [0.4, 0.5) is 0 Å². The van der Waals surface area contributed by atoms with Crippen molar-refractivity contribution in [1.29, 1.82) is 0 Å². The fourth-order valence-corrected chi connectivity index (χ4v) is 2.36. The van der Waals surface area contributed by atoms with Crippen LogP contribution in [0.3, 0.4) is 0 Å². The van der Waals surface area contributed by atoms with Crippen molar-refractivity contribution in [3.63, 3.8) is 0 Å². The molecule has 0 aromatic heterocycles. The lowest BCUT2D eigenvalue weighted by molar-refractivity contribution is -0.136. The van der Waals surface area contributed by atoms with E-state index < -0.39 is 5.60 Å². The van der Waals surface area contributed by atoms with Crippen molar-refractivity contribution >= 4 is 5.91 Å². The predicted octanol–water partition coefficient (Wildman–Crippen LogP) is 3.71. The molecule has 0 aliphatic carbocycles. The molecule has 3 heteroatoms. The summed E-state index contributed by atoms with van der Waals surface area (Å²) in [5.41, 5.74) is -0.307. The smallest absolute Gasteiger partial charge is 0.225 e. The summed E-state index contributed by atoms with van der Waals surface area (Å²) in [5.74, 6) is 0.0470. The first-order chi connectivity index (χ1) is 10.0. The van der Waals surface area contributed by atoms with Crippen molar-refractivity contribution in [2.45, 2.75) is 58.5 Å². The Labute approximate surface area is 129 Å². The van der Waals surface area contributed by atoms with Crippen LogP contribution in [0.2, 0.25) is 0 Å². The summed E-state index contributed by atoms with van der Waals surface area (Å²) < 4.78 is 0. The highest BCUT2D eigenvalue weighted by atomic mass is 16.3. The zero-order chi connectivity index (χ0) is 15.7. The van der Waals surface area contributed by atoms with Crippen LogP contribution in [0.1, 0.15) is 58.4 Å². The number of benzene rings is 1. The SMILES string of the molecule is CCCCN(CCCC)C(=O)C[C@](C)(O)c1ccccc1. The number of hydrogen-bond donors (Lipinski definition) is 1. The quantitative estimate of drug-likeness (QED) is 0.753. The highest BCUT2D eigenvalue weighted by molar-refractivity contribution is 5.77. The van der Waals surface area contributed by atoms with Gasteiger partial charge in [0, 0.05) is 13.1 Å². The lowest BCUT2D eigenvalue weighted by Crippen LogP contribution is -2.37. The molecule has 0 aliphatic rings. The molecule has 0 heterocycles. The molecular weight excluding hydrogens is 262 g/mol. The Kier molecular flexibility index (Phi) is 7.44. The largest absolute Gasteiger partial charge is 0.385 e. The molecule has 1 aromatic rings. The molecule has 0 radical (unpaired) electrons. The van der Waals surface area contributed by atoms with Gasteiger partial charge in [0.05, 0.1) is 12.0 Å². The fraction of sp³-hybridized carbons (Fsp3) is 0.611. The Morgan fingerprint density at radius 1 is 1.10 bits per heavy atom. The minimum absolute atomic E-state index is 0.0470. The number of nitrogens with zero attached hydrogens (tertiary/aromatic N) is 1. The fourth-order valence-electron chi connectivity index (χ4n) is 2.36. The molecule has 0 fully saturated rings. The molecule has 0 bridgehead atoms. The molecule has 0 saturated carbocycles. The van der Waals surface area contributed by atoms with E-state index >= 15 is 0 Å². The van der Waals surface area contributed by atoms with Crippen molar-refractivity contribution in [2.75, 3.05) is 13.1 Å². The number of carbonyl (C=O) groups excluding carboxylic acids is 1. The van der Waals surface area contributed by atoms with Gasteiger partial charge in [-0.1, -0.05) is 57.0 Å². The van der Waals surface area contributed by atoms with E-state index in [1.807, 2.05) is 35.2 Å². The molecule has 0 spiro atoms. The topological polar surface area (TPSA) is 40.5 Å². The van der Waals surface area contributed by atoms with E-state index in [2.05, 4.69) is 13.8 Å². The van der Waals surface area contributed by atoms with Gasteiger partial charge in [-0.15, -0.1) is 0 Å². The van der Waals surface area contributed by atoms with Gasteiger partial charge in [0.1, 0.15) is 0 Å². The third-order valence-corrected chi connectivity index (χ3v) is 3.81. The van der Waals surface area contributed by atoms with E-state index in [1.165, 1.54) is 0 Å². The minimum Gasteiger partial charge on any atom is -0.385 e. The summed E-state index contributed by atoms with van der Waals surface area (Å²) in [5, 5.41) is 10.6. The summed E-state index contributed by atoms with van der Waals surface area (Å²) in [6.07, 6.45) is 4.33. The van der Waals surface area contributed by atoms with Gasteiger partial charge < -0.3 is 10.0 Å². The van der Waals surface area contributed by atoms with Gasteiger partial charge in [0.2, 0.25) is 5.91 Å². The highest BCUT2D eigenvalue weighted by Gasteiger charge is 2.28. The van der Waals surface area contributed by atoms with Gasteiger partial charge in [-0.25, -0.2) is 0 Å². The summed E-state index contributed by atoms with van der Waals surface area (Å²) in [4.78, 5) is 14.4. The average Bonchev–Trinajstić information content (AvgIpc) is 2.47. The first kappa shape index (κ1) is 17.7. The van der Waals surface area contributed by atoms with Crippen LogP contribution in [-0.2, 0) is 10.4 Å².